The summed E-state index contributed by atoms with van der Waals surface area (Å²) < 4.78 is 5.42. The molecular weight excluding hydrogens is 406 g/mol. The van der Waals surface area contributed by atoms with Gasteiger partial charge in [0.2, 0.25) is 0 Å². The third kappa shape index (κ3) is 4.52. The zero-order chi connectivity index (χ0) is 21.8. The van der Waals surface area contributed by atoms with Crippen molar-refractivity contribution in [1.82, 2.24) is 0 Å². The zero-order valence-electron chi connectivity index (χ0n) is 17.8. The van der Waals surface area contributed by atoms with Crippen molar-refractivity contribution in [3.8, 4) is 0 Å². The van der Waals surface area contributed by atoms with E-state index in [1.54, 1.807) is 6.26 Å². The fraction of sp³-hybridized carbons (Fsp3) is 0.231. The number of hydrogen-bond acceptors (Lipinski definition) is 4. The van der Waals surface area contributed by atoms with Crippen LogP contribution < -0.4 is 4.90 Å². The minimum atomic E-state index is -0.280. The standard InChI is InChI=1S/C26H25NO3S/c1-3-4-6-19-10-14-21(15-11-19)27-25(28)23(20-12-8-18(2)9-13-20)24(26(27)29)31-17-22-7-5-16-30-22/h5,7-16H,3-4,6,17H2,1-2H3. The average Bonchev–Trinajstić information content (AvgIpc) is 3.38. The van der Waals surface area contributed by atoms with Gasteiger partial charge >= 0.3 is 0 Å². The Morgan fingerprint density at radius 3 is 2.32 bits per heavy atom. The Hall–Kier alpha value is -3.05. The second kappa shape index (κ2) is 9.40. The van der Waals surface area contributed by atoms with Crippen molar-refractivity contribution < 1.29 is 14.0 Å². The van der Waals surface area contributed by atoms with Crippen molar-refractivity contribution in [2.75, 3.05) is 4.90 Å². The van der Waals surface area contributed by atoms with Gasteiger partial charge in [-0.15, -0.1) is 11.8 Å². The van der Waals surface area contributed by atoms with Crippen LogP contribution in [-0.4, -0.2) is 11.8 Å². The van der Waals surface area contributed by atoms with E-state index in [0.717, 1.165) is 36.1 Å². The summed E-state index contributed by atoms with van der Waals surface area (Å²) >= 11 is 1.35. The van der Waals surface area contributed by atoms with Gasteiger partial charge in [0.15, 0.2) is 0 Å². The number of imide groups is 1. The molecule has 0 saturated heterocycles. The van der Waals surface area contributed by atoms with E-state index in [4.69, 9.17) is 4.42 Å². The Morgan fingerprint density at radius 2 is 1.68 bits per heavy atom. The van der Waals surface area contributed by atoms with E-state index in [2.05, 4.69) is 6.92 Å². The fourth-order valence-electron chi connectivity index (χ4n) is 3.58. The first-order valence-corrected chi connectivity index (χ1v) is 11.5. The van der Waals surface area contributed by atoms with Crippen LogP contribution in [0.4, 0.5) is 5.69 Å². The van der Waals surface area contributed by atoms with Gasteiger partial charge in [-0.1, -0.05) is 55.3 Å². The van der Waals surface area contributed by atoms with Crippen molar-refractivity contribution in [2.24, 2.45) is 0 Å². The number of carbonyl (C=O) groups excluding carboxylic acids is 2. The molecule has 0 radical (unpaired) electrons. The van der Waals surface area contributed by atoms with Crippen molar-refractivity contribution in [1.29, 1.82) is 0 Å². The molecule has 0 unspecified atom stereocenters. The van der Waals surface area contributed by atoms with Crippen molar-refractivity contribution in [3.63, 3.8) is 0 Å². The molecule has 0 fully saturated rings. The number of hydrogen-bond donors (Lipinski definition) is 0. The predicted molar refractivity (Wildman–Crippen MR) is 126 cm³/mol. The molecule has 4 rings (SSSR count). The van der Waals surface area contributed by atoms with Crippen LogP contribution in [0.2, 0.25) is 0 Å². The van der Waals surface area contributed by atoms with Crippen LogP contribution >= 0.6 is 11.8 Å². The van der Waals surface area contributed by atoms with E-state index >= 15 is 0 Å². The summed E-state index contributed by atoms with van der Waals surface area (Å²) in [6.07, 6.45) is 4.85. The molecule has 3 aromatic rings. The first kappa shape index (κ1) is 21.2. The van der Waals surface area contributed by atoms with E-state index in [9.17, 15) is 9.59 Å². The molecule has 1 aromatic heterocycles. The minimum absolute atomic E-state index is 0.279. The number of thioether (sulfide) groups is 1. The molecule has 158 valence electrons. The Labute approximate surface area is 186 Å². The van der Waals surface area contributed by atoms with Gasteiger partial charge in [-0.2, -0.15) is 0 Å². The van der Waals surface area contributed by atoms with Gasteiger partial charge in [0.25, 0.3) is 11.8 Å². The molecule has 4 nitrogen and oxygen atoms in total. The van der Waals surface area contributed by atoms with Crippen LogP contribution in [0.15, 0.2) is 76.2 Å². The molecule has 0 aliphatic carbocycles. The highest BCUT2D eigenvalue weighted by Gasteiger charge is 2.40. The van der Waals surface area contributed by atoms with Crippen molar-refractivity contribution in [3.05, 3.63) is 94.3 Å². The predicted octanol–water partition coefficient (Wildman–Crippen LogP) is 6.15. The van der Waals surface area contributed by atoms with Gasteiger partial charge in [-0.25, -0.2) is 4.90 Å². The Bertz CT molecular complexity index is 1100. The number of benzene rings is 2. The fourth-order valence-corrected chi connectivity index (χ4v) is 4.60. The lowest BCUT2D eigenvalue weighted by Crippen LogP contribution is -2.31. The second-order valence-electron chi connectivity index (χ2n) is 7.65. The molecule has 0 saturated carbocycles. The summed E-state index contributed by atoms with van der Waals surface area (Å²) in [5, 5.41) is 0. The SMILES string of the molecule is CCCCc1ccc(N2C(=O)C(SCc3ccco3)=C(c3ccc(C)cc3)C2=O)cc1. The smallest absolute Gasteiger partial charge is 0.272 e. The van der Waals surface area contributed by atoms with Gasteiger partial charge < -0.3 is 4.42 Å². The Morgan fingerprint density at radius 1 is 0.935 bits per heavy atom. The summed E-state index contributed by atoms with van der Waals surface area (Å²) in [5.74, 6) is 0.691. The molecule has 1 aliphatic heterocycles. The largest absolute Gasteiger partial charge is 0.468 e. The number of nitrogens with zero attached hydrogens (tertiary/aromatic N) is 1. The normalized spacial score (nSPS) is 14.1. The average molecular weight is 432 g/mol. The number of amides is 2. The van der Waals surface area contributed by atoms with Gasteiger partial charge in [-0.3, -0.25) is 9.59 Å². The van der Waals surface area contributed by atoms with E-state index in [0.29, 0.717) is 21.9 Å². The number of furan rings is 1. The number of unbranched alkanes of at least 4 members (excludes halogenated alkanes) is 1. The summed E-state index contributed by atoms with van der Waals surface area (Å²) in [6, 6.07) is 19.2. The summed E-state index contributed by atoms with van der Waals surface area (Å²) in [4.78, 5) is 28.6. The molecule has 2 aromatic carbocycles. The maximum absolute atomic E-state index is 13.4. The lowest BCUT2D eigenvalue weighted by Gasteiger charge is -2.16. The third-order valence-corrected chi connectivity index (χ3v) is 6.43. The summed E-state index contributed by atoms with van der Waals surface area (Å²) in [6.45, 7) is 4.16. The number of rotatable bonds is 8. The highest BCUT2D eigenvalue weighted by Crippen LogP contribution is 2.39. The van der Waals surface area contributed by atoms with Gasteiger partial charge in [0.1, 0.15) is 5.76 Å². The molecule has 0 atom stereocenters. The van der Waals surface area contributed by atoms with Crippen LogP contribution in [0.25, 0.3) is 5.57 Å². The zero-order valence-corrected chi connectivity index (χ0v) is 18.6. The quantitative estimate of drug-likeness (QED) is 0.402. The molecular formula is C26H25NO3S. The number of anilines is 1. The third-order valence-electron chi connectivity index (χ3n) is 5.33. The maximum Gasteiger partial charge on any atom is 0.272 e. The van der Waals surface area contributed by atoms with Crippen LogP contribution in [0.3, 0.4) is 0 Å². The van der Waals surface area contributed by atoms with Gasteiger partial charge in [0.05, 0.1) is 28.2 Å². The molecule has 2 heterocycles. The molecule has 31 heavy (non-hydrogen) atoms. The number of aryl methyl sites for hydroxylation is 2. The first-order valence-electron chi connectivity index (χ1n) is 10.5. The van der Waals surface area contributed by atoms with Crippen LogP contribution in [0, 0.1) is 6.92 Å². The van der Waals surface area contributed by atoms with Crippen LogP contribution in [0.1, 0.15) is 42.2 Å². The molecule has 1 aliphatic rings. The first-order chi connectivity index (χ1) is 15.1. The minimum Gasteiger partial charge on any atom is -0.468 e. The molecule has 0 bridgehead atoms. The van der Waals surface area contributed by atoms with E-state index in [1.807, 2.05) is 67.6 Å². The van der Waals surface area contributed by atoms with E-state index in [-0.39, 0.29) is 11.8 Å². The number of carbonyl (C=O) groups is 2. The monoisotopic (exact) mass is 431 g/mol. The van der Waals surface area contributed by atoms with Crippen LogP contribution in [-0.2, 0) is 21.8 Å². The van der Waals surface area contributed by atoms with Crippen molar-refractivity contribution in [2.45, 2.75) is 38.9 Å². The highest BCUT2D eigenvalue weighted by molar-refractivity contribution is 8.03. The van der Waals surface area contributed by atoms with E-state index < -0.39 is 0 Å². The molecule has 0 N–H and O–H groups in total. The lowest BCUT2D eigenvalue weighted by atomic mass is 10.0. The second-order valence-corrected chi connectivity index (χ2v) is 8.64. The van der Waals surface area contributed by atoms with Crippen LogP contribution in [0.5, 0.6) is 0 Å². The maximum atomic E-state index is 13.4. The molecule has 5 heteroatoms. The van der Waals surface area contributed by atoms with E-state index in [1.165, 1.54) is 22.2 Å². The highest BCUT2D eigenvalue weighted by atomic mass is 32.2. The molecule has 2 amide bonds. The summed E-state index contributed by atoms with van der Waals surface area (Å²) in [7, 11) is 0. The van der Waals surface area contributed by atoms with Gasteiger partial charge in [-0.05, 0) is 55.2 Å². The topological polar surface area (TPSA) is 50.5 Å². The summed E-state index contributed by atoms with van der Waals surface area (Å²) in [5.41, 5.74) is 4.13. The van der Waals surface area contributed by atoms with Crippen molar-refractivity contribution >= 4 is 34.8 Å². The Balaban J connectivity index is 1.66. The lowest BCUT2D eigenvalue weighted by molar-refractivity contribution is -0.119. The molecule has 0 spiro atoms. The Kier molecular flexibility index (Phi) is 6.42. The van der Waals surface area contributed by atoms with Gasteiger partial charge in [0, 0.05) is 0 Å².